The molecule has 4 aromatic rings. The first-order valence-electron chi connectivity index (χ1n) is 10.2. The van der Waals surface area contributed by atoms with Crippen LogP contribution in [0.15, 0.2) is 84.9 Å². The number of carbonyl (C=O) groups is 1. The zero-order chi connectivity index (χ0) is 22.7. The van der Waals surface area contributed by atoms with Crippen LogP contribution in [0.1, 0.15) is 20.8 Å². The maximum atomic E-state index is 13.5. The molecule has 0 saturated heterocycles. The number of rotatable bonds is 7. The topological polar surface area (TPSA) is 57.7 Å². The number of benzene rings is 3. The Hall–Kier alpha value is -3.16. The summed E-state index contributed by atoms with van der Waals surface area (Å²) < 4.78 is 26.0. The van der Waals surface area contributed by atoms with Gasteiger partial charge in [0.05, 0.1) is 16.8 Å². The first-order chi connectivity index (χ1) is 15.3. The van der Waals surface area contributed by atoms with Crippen LogP contribution < -0.4 is 4.31 Å². The van der Waals surface area contributed by atoms with Crippen LogP contribution in [0.25, 0.3) is 10.1 Å². The minimum atomic E-state index is -3.36. The average Bonchev–Trinajstić information content (AvgIpc) is 3.22. The first-order valence-corrected chi connectivity index (χ1v) is 12.8. The highest BCUT2D eigenvalue weighted by atomic mass is 32.2. The monoisotopic (exact) mass is 464 g/mol. The summed E-state index contributed by atoms with van der Waals surface area (Å²) in [4.78, 5) is 16.0. The summed E-state index contributed by atoms with van der Waals surface area (Å²) in [5.74, 6) is -0.0445. The minimum absolute atomic E-state index is 0.0445. The third-order valence-corrected chi connectivity index (χ3v) is 7.60. The van der Waals surface area contributed by atoms with Crippen LogP contribution in [-0.4, -0.2) is 32.5 Å². The summed E-state index contributed by atoms with van der Waals surface area (Å²) in [5.41, 5.74) is 2.70. The molecule has 0 fully saturated rings. The SMILES string of the molecule is CN(c1ccc2sc(C(=O)N(Cc3ccccc3)Cc3ccccc3)cc2c1)S(C)(=O)=O. The van der Waals surface area contributed by atoms with E-state index < -0.39 is 10.0 Å². The molecule has 7 heteroatoms. The Morgan fingerprint density at radius 3 is 1.94 bits per heavy atom. The second-order valence-corrected chi connectivity index (χ2v) is 10.8. The van der Waals surface area contributed by atoms with E-state index in [9.17, 15) is 13.2 Å². The van der Waals surface area contributed by atoms with Gasteiger partial charge in [0.15, 0.2) is 0 Å². The fourth-order valence-corrected chi connectivity index (χ4v) is 4.99. The molecule has 0 aliphatic heterocycles. The second-order valence-electron chi connectivity index (χ2n) is 7.70. The van der Waals surface area contributed by atoms with Crippen molar-refractivity contribution in [2.24, 2.45) is 0 Å². The van der Waals surface area contributed by atoms with E-state index in [0.29, 0.717) is 23.7 Å². The van der Waals surface area contributed by atoms with Gasteiger partial charge in [0.1, 0.15) is 0 Å². The fraction of sp³-hybridized carbons (Fsp3) is 0.160. The molecular formula is C25H24N2O3S2. The lowest BCUT2D eigenvalue weighted by Gasteiger charge is -2.22. The van der Waals surface area contributed by atoms with Crippen molar-refractivity contribution in [3.63, 3.8) is 0 Å². The zero-order valence-electron chi connectivity index (χ0n) is 17.9. The highest BCUT2D eigenvalue weighted by Crippen LogP contribution is 2.31. The number of nitrogens with zero attached hydrogens (tertiary/aromatic N) is 2. The van der Waals surface area contributed by atoms with Gasteiger partial charge in [-0.25, -0.2) is 8.42 Å². The molecule has 1 aromatic heterocycles. The third-order valence-electron chi connectivity index (χ3n) is 5.29. The van der Waals surface area contributed by atoms with Gasteiger partial charge in [-0.15, -0.1) is 11.3 Å². The number of anilines is 1. The normalized spacial score (nSPS) is 11.4. The van der Waals surface area contributed by atoms with Crippen LogP contribution in [-0.2, 0) is 23.1 Å². The lowest BCUT2D eigenvalue weighted by Crippen LogP contribution is -2.29. The Kier molecular flexibility index (Phi) is 6.30. The maximum Gasteiger partial charge on any atom is 0.264 e. The summed E-state index contributed by atoms with van der Waals surface area (Å²) >= 11 is 1.42. The van der Waals surface area contributed by atoms with E-state index in [1.165, 1.54) is 28.9 Å². The van der Waals surface area contributed by atoms with Crippen molar-refractivity contribution in [2.45, 2.75) is 13.1 Å². The van der Waals surface area contributed by atoms with E-state index in [1.807, 2.05) is 83.8 Å². The average molecular weight is 465 g/mol. The highest BCUT2D eigenvalue weighted by molar-refractivity contribution is 7.92. The fourth-order valence-electron chi connectivity index (χ4n) is 3.49. The molecule has 3 aromatic carbocycles. The molecule has 0 bridgehead atoms. The van der Waals surface area contributed by atoms with Crippen LogP contribution in [0.5, 0.6) is 0 Å². The molecule has 164 valence electrons. The molecule has 0 spiro atoms. The van der Waals surface area contributed by atoms with Gasteiger partial charge >= 0.3 is 0 Å². The molecule has 1 heterocycles. The van der Waals surface area contributed by atoms with Gasteiger partial charge in [0.25, 0.3) is 5.91 Å². The summed E-state index contributed by atoms with van der Waals surface area (Å²) in [6.45, 7) is 1.01. The summed E-state index contributed by atoms with van der Waals surface area (Å²) in [6, 6.07) is 27.2. The standard InChI is InChI=1S/C25H24N2O3S2/c1-26(32(2,29)30)22-13-14-23-21(15-22)16-24(31-23)25(28)27(17-19-9-5-3-6-10-19)18-20-11-7-4-8-12-20/h3-16H,17-18H2,1-2H3. The third kappa shape index (κ3) is 5.00. The molecule has 32 heavy (non-hydrogen) atoms. The molecule has 0 radical (unpaired) electrons. The van der Waals surface area contributed by atoms with Crippen LogP contribution in [0.2, 0.25) is 0 Å². The molecule has 0 N–H and O–H groups in total. The van der Waals surface area contributed by atoms with E-state index in [-0.39, 0.29) is 5.91 Å². The van der Waals surface area contributed by atoms with Gasteiger partial charge in [0.2, 0.25) is 10.0 Å². The van der Waals surface area contributed by atoms with Gasteiger partial charge in [0, 0.05) is 24.8 Å². The maximum absolute atomic E-state index is 13.5. The Bertz CT molecular complexity index is 1290. The van der Waals surface area contributed by atoms with Crippen molar-refractivity contribution in [3.05, 3.63) is 101 Å². The van der Waals surface area contributed by atoms with E-state index in [0.717, 1.165) is 21.2 Å². The molecule has 1 amide bonds. The lowest BCUT2D eigenvalue weighted by atomic mass is 10.1. The molecule has 0 aliphatic rings. The molecule has 0 unspecified atom stereocenters. The number of hydrogen-bond acceptors (Lipinski definition) is 4. The van der Waals surface area contributed by atoms with Gasteiger partial charge in [-0.05, 0) is 40.8 Å². The van der Waals surface area contributed by atoms with Crippen LogP contribution in [0, 0.1) is 0 Å². The van der Waals surface area contributed by atoms with Crippen LogP contribution >= 0.6 is 11.3 Å². The Morgan fingerprint density at radius 1 is 0.844 bits per heavy atom. The molecule has 0 aliphatic carbocycles. The minimum Gasteiger partial charge on any atom is -0.329 e. The smallest absolute Gasteiger partial charge is 0.264 e. The summed E-state index contributed by atoms with van der Waals surface area (Å²) in [7, 11) is -1.83. The Balaban J connectivity index is 1.66. The van der Waals surface area contributed by atoms with E-state index in [1.54, 1.807) is 6.07 Å². The van der Waals surface area contributed by atoms with Crippen molar-refractivity contribution < 1.29 is 13.2 Å². The number of fused-ring (bicyclic) bond motifs is 1. The number of hydrogen-bond donors (Lipinski definition) is 0. The molecule has 4 rings (SSSR count). The van der Waals surface area contributed by atoms with Crippen LogP contribution in [0.4, 0.5) is 5.69 Å². The van der Waals surface area contributed by atoms with E-state index in [4.69, 9.17) is 0 Å². The number of amides is 1. The van der Waals surface area contributed by atoms with Gasteiger partial charge in [-0.1, -0.05) is 60.7 Å². The molecular weight excluding hydrogens is 440 g/mol. The predicted molar refractivity (Wildman–Crippen MR) is 132 cm³/mol. The Morgan fingerprint density at radius 2 is 1.41 bits per heavy atom. The largest absolute Gasteiger partial charge is 0.329 e. The molecule has 0 saturated carbocycles. The van der Waals surface area contributed by atoms with E-state index >= 15 is 0 Å². The highest BCUT2D eigenvalue weighted by Gasteiger charge is 2.20. The predicted octanol–water partition coefficient (Wildman–Crippen LogP) is 5.14. The van der Waals surface area contributed by atoms with Crippen molar-refractivity contribution in [2.75, 3.05) is 17.6 Å². The van der Waals surface area contributed by atoms with Crippen molar-refractivity contribution in [1.29, 1.82) is 0 Å². The quantitative estimate of drug-likeness (QED) is 0.381. The van der Waals surface area contributed by atoms with Gasteiger partial charge < -0.3 is 4.90 Å². The van der Waals surface area contributed by atoms with Crippen molar-refractivity contribution in [3.8, 4) is 0 Å². The first kappa shape index (κ1) is 22.0. The number of carbonyl (C=O) groups excluding carboxylic acids is 1. The van der Waals surface area contributed by atoms with Crippen molar-refractivity contribution in [1.82, 2.24) is 4.90 Å². The van der Waals surface area contributed by atoms with Crippen LogP contribution in [0.3, 0.4) is 0 Å². The molecule has 0 atom stereocenters. The summed E-state index contributed by atoms with van der Waals surface area (Å²) in [6.07, 6.45) is 1.17. The number of thiophene rings is 1. The van der Waals surface area contributed by atoms with Gasteiger partial charge in [-0.2, -0.15) is 0 Å². The summed E-state index contributed by atoms with van der Waals surface area (Å²) in [5, 5.41) is 0.853. The van der Waals surface area contributed by atoms with Gasteiger partial charge in [-0.3, -0.25) is 9.10 Å². The van der Waals surface area contributed by atoms with Crippen molar-refractivity contribution >= 4 is 43.0 Å². The number of sulfonamides is 1. The van der Waals surface area contributed by atoms with E-state index in [2.05, 4.69) is 0 Å². The Labute approximate surface area is 192 Å². The lowest BCUT2D eigenvalue weighted by molar-refractivity contribution is 0.0735. The molecule has 5 nitrogen and oxygen atoms in total. The second kappa shape index (κ2) is 9.14. The zero-order valence-corrected chi connectivity index (χ0v) is 19.6.